The summed E-state index contributed by atoms with van der Waals surface area (Å²) < 4.78 is 69.1. The highest BCUT2D eigenvalue weighted by Gasteiger charge is 2.43. The molecule has 1 aliphatic heterocycles. The Kier molecular flexibility index (Phi) is 9.45. The van der Waals surface area contributed by atoms with Crippen molar-refractivity contribution >= 4 is 38.6 Å². The number of aliphatic carboxylic acids is 1. The van der Waals surface area contributed by atoms with Gasteiger partial charge in [0.15, 0.2) is 0 Å². The Labute approximate surface area is 195 Å². The van der Waals surface area contributed by atoms with Crippen molar-refractivity contribution in [1.29, 1.82) is 0 Å². The number of hydrogen-bond acceptors (Lipinski definition) is 9. The molecule has 2 amide bonds. The van der Waals surface area contributed by atoms with E-state index in [0.29, 0.717) is 19.3 Å². The van der Waals surface area contributed by atoms with E-state index in [-0.39, 0.29) is 17.9 Å². The van der Waals surface area contributed by atoms with E-state index in [9.17, 15) is 36.3 Å². The Morgan fingerprint density at radius 1 is 1.06 bits per heavy atom. The summed E-state index contributed by atoms with van der Waals surface area (Å²) in [5, 5.41) is 9.38. The third kappa shape index (κ3) is 9.30. The third-order valence-corrected chi connectivity index (χ3v) is 5.80. The van der Waals surface area contributed by atoms with Crippen molar-refractivity contribution in [2.75, 3.05) is 0 Å². The molecule has 0 bridgehead atoms. The zero-order chi connectivity index (χ0) is 25.5. The first kappa shape index (κ1) is 27.6. The topological polar surface area (TPSA) is 206 Å². The second kappa shape index (κ2) is 11.7. The molecule has 1 aromatic rings. The minimum Gasteiger partial charge on any atom is -0.481 e. The van der Waals surface area contributed by atoms with Crippen molar-refractivity contribution in [3.63, 3.8) is 0 Å². The molecule has 1 aliphatic rings. The highest BCUT2D eigenvalue weighted by atomic mass is 32.3. The molecule has 2 heterocycles. The summed E-state index contributed by atoms with van der Waals surface area (Å²) >= 11 is 0. The average molecular weight is 526 g/mol. The van der Waals surface area contributed by atoms with Crippen molar-refractivity contribution in [1.82, 2.24) is 5.06 Å². The Morgan fingerprint density at radius 2 is 1.68 bits per heavy atom. The van der Waals surface area contributed by atoms with E-state index in [1.807, 2.05) is 0 Å². The Hall–Kier alpha value is -2.66. The number of pyridine rings is 1. The molecule has 16 heteroatoms. The number of carbonyl (C=O) groups is 3. The molecule has 0 spiro atoms. The van der Waals surface area contributed by atoms with Crippen molar-refractivity contribution in [2.45, 2.75) is 51.4 Å². The number of carbonyl (C=O) groups excluding carboxylic acids is 2. The molecular formula is C18H25N2O12S2+. The van der Waals surface area contributed by atoms with E-state index < -0.39 is 56.8 Å². The number of rotatable bonds is 14. The van der Waals surface area contributed by atoms with E-state index in [2.05, 4.69) is 8.57 Å². The lowest BCUT2D eigenvalue weighted by Gasteiger charge is -2.16. The molecule has 34 heavy (non-hydrogen) atoms. The summed E-state index contributed by atoms with van der Waals surface area (Å²) in [7, 11) is -9.68. The number of unbranched alkanes of at least 4 members (excludes halogenated alkanes) is 3. The maximum absolute atomic E-state index is 12.2. The lowest BCUT2D eigenvalue weighted by molar-refractivity contribution is -0.857. The van der Waals surface area contributed by atoms with Crippen molar-refractivity contribution in [3.8, 4) is 0 Å². The van der Waals surface area contributed by atoms with Crippen LogP contribution in [0.1, 0.15) is 50.5 Å². The standard InChI is InChI=1S/C18H24N2O12S2/c21-16-12-15(17(22)20(16)32-34(28,29)30)11-14(18(23)24)6-4-2-1-3-5-13-7-9-19(10-8-13)31-33(25,26)27/h7-10,14-15H,1-6,11-12H2,(H2-,23,24,25,26,27,28,29,30)/p+1. The summed E-state index contributed by atoms with van der Waals surface area (Å²) in [6, 6.07) is 3.25. The van der Waals surface area contributed by atoms with Crippen LogP contribution in [-0.2, 0) is 45.9 Å². The van der Waals surface area contributed by atoms with Crippen LogP contribution in [0.4, 0.5) is 0 Å². The minimum atomic E-state index is -5.07. The molecule has 0 radical (unpaired) electrons. The highest BCUT2D eigenvalue weighted by Crippen LogP contribution is 2.29. The first-order valence-electron chi connectivity index (χ1n) is 10.2. The van der Waals surface area contributed by atoms with E-state index in [1.54, 1.807) is 12.1 Å². The Morgan fingerprint density at radius 3 is 2.24 bits per heavy atom. The summed E-state index contributed by atoms with van der Waals surface area (Å²) in [4.78, 5) is 35.5. The number of imide groups is 1. The largest absolute Gasteiger partial charge is 0.500 e. The molecule has 1 fully saturated rings. The zero-order valence-electron chi connectivity index (χ0n) is 17.8. The van der Waals surface area contributed by atoms with Crippen molar-refractivity contribution in [2.24, 2.45) is 11.8 Å². The van der Waals surface area contributed by atoms with Crippen LogP contribution < -0.4 is 9.01 Å². The molecule has 190 valence electrons. The molecule has 2 atom stereocenters. The molecule has 1 saturated heterocycles. The van der Waals surface area contributed by atoms with E-state index in [4.69, 9.17) is 9.11 Å². The van der Waals surface area contributed by atoms with Crippen LogP contribution in [0.15, 0.2) is 24.5 Å². The van der Waals surface area contributed by atoms with E-state index in [1.165, 1.54) is 12.4 Å². The third-order valence-electron chi connectivity index (χ3n) is 5.10. The average Bonchev–Trinajstić information content (AvgIpc) is 2.95. The molecule has 14 nitrogen and oxygen atoms in total. The Balaban J connectivity index is 1.74. The lowest BCUT2D eigenvalue weighted by atomic mass is 9.89. The smallest absolute Gasteiger partial charge is 0.481 e. The van der Waals surface area contributed by atoms with Crippen LogP contribution in [0.3, 0.4) is 0 Å². The number of amides is 2. The second-order valence-corrected chi connectivity index (χ2v) is 9.73. The van der Waals surface area contributed by atoms with Crippen molar-refractivity contribution < 1.29 is 58.7 Å². The number of aryl methyl sites for hydroxylation is 1. The molecule has 0 saturated carbocycles. The van der Waals surface area contributed by atoms with Crippen LogP contribution in [0.2, 0.25) is 0 Å². The maximum atomic E-state index is 12.2. The van der Waals surface area contributed by atoms with Gasteiger partial charge in [-0.05, 0) is 31.2 Å². The predicted molar refractivity (Wildman–Crippen MR) is 110 cm³/mol. The second-order valence-electron chi connectivity index (χ2n) is 7.72. The van der Waals surface area contributed by atoms with Gasteiger partial charge < -0.3 is 5.11 Å². The number of carboxylic acid groups (broad SMARTS) is 1. The van der Waals surface area contributed by atoms with Gasteiger partial charge in [-0.3, -0.25) is 23.5 Å². The number of hydroxylamine groups is 2. The fourth-order valence-electron chi connectivity index (χ4n) is 3.55. The zero-order valence-corrected chi connectivity index (χ0v) is 19.5. The van der Waals surface area contributed by atoms with Gasteiger partial charge >= 0.3 is 26.8 Å². The van der Waals surface area contributed by atoms with Crippen LogP contribution in [0, 0.1) is 11.8 Å². The molecule has 0 aliphatic carbocycles. The minimum absolute atomic E-state index is 0.0567. The summed E-state index contributed by atoms with van der Waals surface area (Å²) in [6.45, 7) is 0. The van der Waals surface area contributed by atoms with E-state index >= 15 is 0 Å². The maximum Gasteiger partial charge on any atom is 0.500 e. The number of aromatic nitrogens is 1. The van der Waals surface area contributed by atoms with Crippen LogP contribution in [-0.4, -0.2) is 53.9 Å². The van der Waals surface area contributed by atoms with Gasteiger partial charge in [-0.15, -0.1) is 13.6 Å². The quantitative estimate of drug-likeness (QED) is 0.126. The van der Waals surface area contributed by atoms with Crippen molar-refractivity contribution in [3.05, 3.63) is 30.1 Å². The van der Waals surface area contributed by atoms with Gasteiger partial charge in [0.05, 0.1) is 11.8 Å². The van der Waals surface area contributed by atoms with Gasteiger partial charge in [0, 0.05) is 23.3 Å². The normalized spacial score (nSPS) is 17.7. The summed E-state index contributed by atoms with van der Waals surface area (Å²) in [5.74, 6) is -5.10. The molecular weight excluding hydrogens is 500 g/mol. The fraction of sp³-hybridized carbons (Fsp3) is 0.556. The van der Waals surface area contributed by atoms with Gasteiger partial charge in [0.1, 0.15) is 0 Å². The molecule has 1 aromatic heterocycles. The molecule has 0 aromatic carbocycles. The van der Waals surface area contributed by atoms with Crippen LogP contribution in [0.5, 0.6) is 0 Å². The Bertz CT molecular complexity index is 1100. The van der Waals surface area contributed by atoms with Gasteiger partial charge in [-0.1, -0.05) is 19.3 Å². The number of nitrogens with zero attached hydrogens (tertiary/aromatic N) is 2. The molecule has 2 unspecified atom stereocenters. The summed E-state index contributed by atoms with van der Waals surface area (Å²) in [6.07, 6.45) is 5.83. The fourth-order valence-corrected chi connectivity index (χ4v) is 4.22. The highest BCUT2D eigenvalue weighted by molar-refractivity contribution is 7.81. The van der Waals surface area contributed by atoms with Gasteiger partial charge in [0.2, 0.25) is 12.4 Å². The van der Waals surface area contributed by atoms with Crippen LogP contribution in [0.25, 0.3) is 0 Å². The first-order chi connectivity index (χ1) is 15.7. The first-order valence-corrected chi connectivity index (χ1v) is 12.9. The molecule has 3 N–H and O–H groups in total. The predicted octanol–water partition coefficient (Wildman–Crippen LogP) is -0.101. The van der Waals surface area contributed by atoms with Gasteiger partial charge in [-0.25, -0.2) is 0 Å². The van der Waals surface area contributed by atoms with Gasteiger partial charge in [0.25, 0.3) is 11.8 Å². The van der Waals surface area contributed by atoms with Crippen LogP contribution >= 0.6 is 0 Å². The number of carboxylic acids is 1. The lowest BCUT2D eigenvalue weighted by Crippen LogP contribution is -2.44. The SMILES string of the molecule is O=C(O)C(CCCCCCc1cc[n+](OS(=O)(=O)O)cc1)CC1CC(=O)N(OS(=O)(=O)O)C1=O. The van der Waals surface area contributed by atoms with E-state index in [0.717, 1.165) is 23.1 Å². The summed E-state index contributed by atoms with van der Waals surface area (Å²) in [5.41, 5.74) is 0.902. The number of hydrogen-bond donors (Lipinski definition) is 3. The molecule has 2 rings (SSSR count). The monoisotopic (exact) mass is 525 g/mol. The van der Waals surface area contributed by atoms with Gasteiger partial charge in [-0.2, -0.15) is 16.8 Å².